The van der Waals surface area contributed by atoms with Crippen molar-refractivity contribution in [1.82, 2.24) is 10.6 Å². The van der Waals surface area contributed by atoms with Gasteiger partial charge in [-0.3, -0.25) is 14.4 Å². The molecule has 3 amide bonds. The predicted octanol–water partition coefficient (Wildman–Crippen LogP) is -0.179. The van der Waals surface area contributed by atoms with Crippen LogP contribution in [0.2, 0.25) is 0 Å². The number of para-hydroxylation sites is 1. The molecule has 1 aromatic rings. The zero-order valence-corrected chi connectivity index (χ0v) is 14.3. The minimum Gasteiger partial charge on any atom is -0.352 e. The number of hydrogen-bond donors (Lipinski definition) is 3. The van der Waals surface area contributed by atoms with E-state index in [-0.39, 0.29) is 48.1 Å². The molecule has 2 atom stereocenters. The quantitative estimate of drug-likeness (QED) is 0.683. The smallest absolute Gasteiger partial charge is 0.254 e. The Morgan fingerprint density at radius 1 is 1.24 bits per heavy atom. The molecule has 134 valence electrons. The average molecular weight is 365 g/mol. The number of anilines is 1. The molecule has 1 unspecified atom stereocenters. The number of amides is 3. The summed E-state index contributed by atoms with van der Waals surface area (Å²) in [5.74, 6) is -1.05. The van der Waals surface area contributed by atoms with Crippen LogP contribution in [0, 0.1) is 0 Å². The van der Waals surface area contributed by atoms with Crippen LogP contribution in [0.15, 0.2) is 24.3 Å². The summed E-state index contributed by atoms with van der Waals surface area (Å²) in [4.78, 5) is 36.4. The number of carbonyl (C=O) groups is 3. The highest BCUT2D eigenvalue weighted by Gasteiger charge is 2.30. The molecule has 0 radical (unpaired) electrons. The van der Waals surface area contributed by atoms with Gasteiger partial charge in [0.2, 0.25) is 11.8 Å². The zero-order valence-electron chi connectivity index (χ0n) is 13.4. The van der Waals surface area contributed by atoms with Crippen molar-refractivity contribution < 1.29 is 22.8 Å². The molecule has 0 bridgehead atoms. The van der Waals surface area contributed by atoms with Crippen LogP contribution in [0.4, 0.5) is 5.69 Å². The normalized spacial score (nSPS) is 24.6. The predicted molar refractivity (Wildman–Crippen MR) is 90.8 cm³/mol. The van der Waals surface area contributed by atoms with Crippen molar-refractivity contribution in [2.24, 2.45) is 0 Å². The average Bonchev–Trinajstić information content (AvgIpc) is 2.83. The van der Waals surface area contributed by atoms with Gasteiger partial charge in [-0.25, -0.2) is 8.42 Å². The number of nitrogens with one attached hydrogen (secondary N) is 3. The Bertz CT molecular complexity index is 821. The van der Waals surface area contributed by atoms with Crippen molar-refractivity contribution in [3.05, 3.63) is 29.8 Å². The number of fused-ring (bicyclic) bond motifs is 1. The van der Waals surface area contributed by atoms with Gasteiger partial charge in [0, 0.05) is 12.5 Å². The van der Waals surface area contributed by atoms with Crippen LogP contribution < -0.4 is 16.0 Å². The molecule has 1 aromatic carbocycles. The number of carbonyl (C=O) groups excluding carboxylic acids is 3. The summed E-state index contributed by atoms with van der Waals surface area (Å²) in [6, 6.07) is 5.48. The highest BCUT2D eigenvalue weighted by Crippen LogP contribution is 2.19. The van der Waals surface area contributed by atoms with Crippen LogP contribution in [-0.2, 0) is 19.4 Å². The summed E-state index contributed by atoms with van der Waals surface area (Å²) in [5, 5.41) is 7.97. The largest absolute Gasteiger partial charge is 0.352 e. The topological polar surface area (TPSA) is 121 Å². The maximum absolute atomic E-state index is 12.2. The minimum atomic E-state index is -3.06. The van der Waals surface area contributed by atoms with Crippen LogP contribution in [-0.4, -0.2) is 49.7 Å². The lowest BCUT2D eigenvalue weighted by molar-refractivity contribution is -0.122. The van der Waals surface area contributed by atoms with E-state index in [1.807, 2.05) is 0 Å². The van der Waals surface area contributed by atoms with Crippen molar-refractivity contribution in [3.8, 4) is 0 Å². The van der Waals surface area contributed by atoms with Gasteiger partial charge in [0.1, 0.15) is 6.04 Å². The van der Waals surface area contributed by atoms with E-state index in [1.165, 1.54) is 0 Å². The van der Waals surface area contributed by atoms with Crippen LogP contribution in [0.3, 0.4) is 0 Å². The van der Waals surface area contributed by atoms with Crippen molar-refractivity contribution in [2.45, 2.75) is 31.3 Å². The highest BCUT2D eigenvalue weighted by molar-refractivity contribution is 7.91. The second-order valence-corrected chi connectivity index (χ2v) is 8.50. The first kappa shape index (κ1) is 17.4. The van der Waals surface area contributed by atoms with Crippen molar-refractivity contribution in [2.75, 3.05) is 16.8 Å². The number of sulfone groups is 1. The van der Waals surface area contributed by atoms with Gasteiger partial charge in [-0.05, 0) is 25.0 Å². The number of rotatable bonds is 4. The third-order valence-electron chi connectivity index (χ3n) is 4.31. The fourth-order valence-electron chi connectivity index (χ4n) is 3.00. The first-order valence-corrected chi connectivity index (χ1v) is 9.87. The second kappa shape index (κ2) is 6.83. The van der Waals surface area contributed by atoms with Gasteiger partial charge in [-0.1, -0.05) is 12.1 Å². The standard InChI is InChI=1S/C16H19N3O5S/c20-14(17-10-7-8-25(23,24)9-10)6-5-13-16(22)18-12-4-2-1-3-11(12)15(21)19-13/h1-4,10,13H,5-9H2,(H,17,20)(H,18,22)(H,19,21)/t10?,13-/m1/s1. The molecule has 0 aromatic heterocycles. The third-order valence-corrected chi connectivity index (χ3v) is 6.08. The van der Waals surface area contributed by atoms with E-state index in [0.717, 1.165) is 0 Å². The Morgan fingerprint density at radius 3 is 2.72 bits per heavy atom. The summed E-state index contributed by atoms with van der Waals surface area (Å²) in [6.45, 7) is 0. The first-order chi connectivity index (χ1) is 11.8. The summed E-state index contributed by atoms with van der Waals surface area (Å²) in [5.41, 5.74) is 0.812. The Morgan fingerprint density at radius 2 is 2.00 bits per heavy atom. The Hall–Kier alpha value is -2.42. The summed E-state index contributed by atoms with van der Waals surface area (Å²) in [6.07, 6.45) is 0.562. The summed E-state index contributed by atoms with van der Waals surface area (Å²) < 4.78 is 22.8. The molecule has 0 spiro atoms. The minimum absolute atomic E-state index is 0.0191. The van der Waals surface area contributed by atoms with E-state index < -0.39 is 15.9 Å². The molecule has 8 nitrogen and oxygen atoms in total. The maximum atomic E-state index is 12.2. The third kappa shape index (κ3) is 4.16. The van der Waals surface area contributed by atoms with Crippen molar-refractivity contribution in [1.29, 1.82) is 0 Å². The van der Waals surface area contributed by atoms with Gasteiger partial charge < -0.3 is 16.0 Å². The van der Waals surface area contributed by atoms with Crippen LogP contribution in [0.25, 0.3) is 0 Å². The zero-order chi connectivity index (χ0) is 18.0. The monoisotopic (exact) mass is 365 g/mol. The van der Waals surface area contributed by atoms with E-state index in [9.17, 15) is 22.8 Å². The number of hydrogen-bond acceptors (Lipinski definition) is 5. The first-order valence-electron chi connectivity index (χ1n) is 8.04. The summed E-state index contributed by atoms with van der Waals surface area (Å²) in [7, 11) is -3.06. The summed E-state index contributed by atoms with van der Waals surface area (Å²) >= 11 is 0. The highest BCUT2D eigenvalue weighted by atomic mass is 32.2. The lowest BCUT2D eigenvalue weighted by atomic mass is 10.1. The lowest BCUT2D eigenvalue weighted by Gasteiger charge is -2.15. The van der Waals surface area contributed by atoms with Gasteiger partial charge in [0.15, 0.2) is 9.84 Å². The number of benzene rings is 1. The van der Waals surface area contributed by atoms with Gasteiger partial charge in [-0.2, -0.15) is 0 Å². The molecule has 2 aliphatic rings. The van der Waals surface area contributed by atoms with Crippen LogP contribution in [0.5, 0.6) is 0 Å². The van der Waals surface area contributed by atoms with Crippen LogP contribution in [0.1, 0.15) is 29.6 Å². The second-order valence-electron chi connectivity index (χ2n) is 6.27. The fourth-order valence-corrected chi connectivity index (χ4v) is 4.67. The maximum Gasteiger partial charge on any atom is 0.254 e. The SMILES string of the molecule is O=C(CC[C@H]1NC(=O)c2ccccc2NC1=O)NC1CCS(=O)(=O)C1. The molecule has 3 rings (SSSR count). The van der Waals surface area contributed by atoms with Gasteiger partial charge in [-0.15, -0.1) is 0 Å². The van der Waals surface area contributed by atoms with Crippen molar-refractivity contribution in [3.63, 3.8) is 0 Å². The molecule has 1 saturated heterocycles. The fraction of sp³-hybridized carbons (Fsp3) is 0.438. The van der Waals surface area contributed by atoms with E-state index in [1.54, 1.807) is 24.3 Å². The Kier molecular flexibility index (Phi) is 4.76. The van der Waals surface area contributed by atoms with Gasteiger partial charge in [0.05, 0.1) is 22.8 Å². The van der Waals surface area contributed by atoms with Gasteiger partial charge >= 0.3 is 0 Å². The van der Waals surface area contributed by atoms with Gasteiger partial charge in [0.25, 0.3) is 5.91 Å². The lowest BCUT2D eigenvalue weighted by Crippen LogP contribution is -2.42. The molecule has 2 aliphatic heterocycles. The molecule has 25 heavy (non-hydrogen) atoms. The molecule has 3 N–H and O–H groups in total. The Labute approximate surface area is 145 Å². The molecule has 0 saturated carbocycles. The van der Waals surface area contributed by atoms with Crippen LogP contribution >= 0.6 is 0 Å². The molecule has 1 fully saturated rings. The van der Waals surface area contributed by atoms with Crippen molar-refractivity contribution >= 4 is 33.2 Å². The van der Waals surface area contributed by atoms with E-state index in [0.29, 0.717) is 17.7 Å². The Balaban J connectivity index is 1.56. The van der Waals surface area contributed by atoms with E-state index >= 15 is 0 Å². The molecular formula is C16H19N3O5S. The van der Waals surface area contributed by atoms with E-state index in [2.05, 4.69) is 16.0 Å². The molecule has 9 heteroatoms. The molecular weight excluding hydrogens is 346 g/mol. The van der Waals surface area contributed by atoms with E-state index in [4.69, 9.17) is 0 Å². The molecule has 2 heterocycles. The molecule has 0 aliphatic carbocycles.